The molecule has 2 aromatic heterocycles. The van der Waals surface area contributed by atoms with Crippen LogP contribution in [0.25, 0.3) is 11.0 Å². The van der Waals surface area contributed by atoms with Crippen LogP contribution >= 0.6 is 0 Å². The smallest absolute Gasteiger partial charge is 0.336 e. The van der Waals surface area contributed by atoms with E-state index in [1.165, 1.54) is 0 Å². The van der Waals surface area contributed by atoms with Crippen molar-refractivity contribution in [2.45, 2.75) is 59.4 Å². The second-order valence-corrected chi connectivity index (χ2v) is 7.48. The zero-order chi connectivity index (χ0) is 16.2. The second-order valence-electron chi connectivity index (χ2n) is 7.48. The fourth-order valence-electron chi connectivity index (χ4n) is 2.31. The summed E-state index contributed by atoms with van der Waals surface area (Å²) in [6.07, 6.45) is 0. The molecular weight excluding hydrogens is 266 g/mol. The van der Waals surface area contributed by atoms with E-state index in [1.54, 1.807) is 6.07 Å². The van der Waals surface area contributed by atoms with Crippen molar-refractivity contribution in [3.63, 3.8) is 0 Å². The van der Waals surface area contributed by atoms with Crippen LogP contribution in [0.4, 0.5) is 0 Å². The maximum atomic E-state index is 11.6. The standard InChI is InChI=1S/C16H23N3O2/c1-9-12-10(14(20)21)8-11(15(2,3)4)17-13(12)19(18-9)16(5,6)7/h8H,1-7H3,(H,20,21). The van der Waals surface area contributed by atoms with E-state index in [4.69, 9.17) is 4.98 Å². The summed E-state index contributed by atoms with van der Waals surface area (Å²) in [5.74, 6) is -0.940. The Kier molecular flexibility index (Phi) is 3.35. The van der Waals surface area contributed by atoms with Gasteiger partial charge in [-0.2, -0.15) is 5.10 Å². The number of carbonyl (C=O) groups is 1. The molecule has 2 aromatic rings. The van der Waals surface area contributed by atoms with Crippen molar-refractivity contribution in [2.75, 3.05) is 0 Å². The highest BCUT2D eigenvalue weighted by atomic mass is 16.4. The molecular formula is C16H23N3O2. The Morgan fingerprint density at radius 2 is 1.76 bits per heavy atom. The van der Waals surface area contributed by atoms with Gasteiger partial charge in [0.25, 0.3) is 0 Å². The van der Waals surface area contributed by atoms with Crippen LogP contribution in [0.5, 0.6) is 0 Å². The monoisotopic (exact) mass is 289 g/mol. The first-order chi connectivity index (χ1) is 9.43. The molecule has 0 fully saturated rings. The Bertz CT molecular complexity index is 716. The Morgan fingerprint density at radius 1 is 1.19 bits per heavy atom. The predicted molar refractivity (Wildman–Crippen MR) is 82.9 cm³/mol. The van der Waals surface area contributed by atoms with Gasteiger partial charge in [-0.25, -0.2) is 14.5 Å². The van der Waals surface area contributed by atoms with Crippen LogP contribution in [0, 0.1) is 6.92 Å². The molecule has 0 unspecified atom stereocenters. The molecule has 0 spiro atoms. The molecule has 0 aliphatic heterocycles. The van der Waals surface area contributed by atoms with Gasteiger partial charge >= 0.3 is 5.97 Å². The Morgan fingerprint density at radius 3 is 2.19 bits per heavy atom. The zero-order valence-electron chi connectivity index (χ0n) is 13.8. The predicted octanol–water partition coefficient (Wildman–Crippen LogP) is 3.49. The number of carboxylic acid groups (broad SMARTS) is 1. The molecule has 114 valence electrons. The van der Waals surface area contributed by atoms with Gasteiger partial charge in [-0.15, -0.1) is 0 Å². The fraction of sp³-hybridized carbons (Fsp3) is 0.562. The number of aryl methyl sites for hydroxylation is 1. The molecule has 5 heteroatoms. The summed E-state index contributed by atoms with van der Waals surface area (Å²) in [7, 11) is 0. The second kappa shape index (κ2) is 4.55. The molecule has 21 heavy (non-hydrogen) atoms. The molecule has 1 N–H and O–H groups in total. The van der Waals surface area contributed by atoms with Gasteiger partial charge in [-0.05, 0) is 33.8 Å². The number of nitrogens with zero attached hydrogens (tertiary/aromatic N) is 3. The van der Waals surface area contributed by atoms with Crippen molar-refractivity contribution in [1.29, 1.82) is 0 Å². The van der Waals surface area contributed by atoms with Crippen molar-refractivity contribution in [1.82, 2.24) is 14.8 Å². The minimum absolute atomic E-state index is 0.223. The first kappa shape index (κ1) is 15.5. The largest absolute Gasteiger partial charge is 0.478 e. The molecule has 0 saturated carbocycles. The summed E-state index contributed by atoms with van der Waals surface area (Å²) in [4.78, 5) is 16.4. The van der Waals surface area contributed by atoms with Crippen LogP contribution < -0.4 is 0 Å². The highest BCUT2D eigenvalue weighted by Crippen LogP contribution is 2.30. The van der Waals surface area contributed by atoms with E-state index in [0.29, 0.717) is 16.7 Å². The molecule has 0 atom stereocenters. The van der Waals surface area contributed by atoms with Gasteiger partial charge < -0.3 is 5.11 Å². The van der Waals surface area contributed by atoms with Crippen LogP contribution in [-0.4, -0.2) is 25.8 Å². The Balaban J connectivity index is 2.95. The molecule has 2 rings (SSSR count). The van der Waals surface area contributed by atoms with E-state index >= 15 is 0 Å². The topological polar surface area (TPSA) is 68.0 Å². The number of pyridine rings is 1. The lowest BCUT2D eigenvalue weighted by Gasteiger charge is -2.22. The SMILES string of the molecule is Cc1nn(C(C)(C)C)c2nc(C(C)(C)C)cc(C(=O)O)c12. The number of aromatic nitrogens is 3. The molecule has 0 aliphatic rings. The average molecular weight is 289 g/mol. The summed E-state index contributed by atoms with van der Waals surface area (Å²) in [5, 5.41) is 14.7. The minimum atomic E-state index is -0.940. The van der Waals surface area contributed by atoms with Crippen LogP contribution in [0.1, 0.15) is 63.3 Å². The first-order valence-corrected chi connectivity index (χ1v) is 7.07. The summed E-state index contributed by atoms with van der Waals surface area (Å²) >= 11 is 0. The van der Waals surface area contributed by atoms with Crippen molar-refractivity contribution in [2.24, 2.45) is 0 Å². The highest BCUT2D eigenvalue weighted by Gasteiger charge is 2.27. The first-order valence-electron chi connectivity index (χ1n) is 7.07. The molecule has 5 nitrogen and oxygen atoms in total. The summed E-state index contributed by atoms with van der Waals surface area (Å²) < 4.78 is 1.82. The van der Waals surface area contributed by atoms with Gasteiger partial charge in [0.15, 0.2) is 5.65 Å². The van der Waals surface area contributed by atoms with Crippen LogP contribution in [0.15, 0.2) is 6.07 Å². The van der Waals surface area contributed by atoms with E-state index in [-0.39, 0.29) is 16.5 Å². The van der Waals surface area contributed by atoms with Crippen LogP contribution in [-0.2, 0) is 11.0 Å². The number of aromatic carboxylic acids is 1. The molecule has 0 aromatic carbocycles. The third kappa shape index (κ3) is 2.64. The highest BCUT2D eigenvalue weighted by molar-refractivity contribution is 6.03. The van der Waals surface area contributed by atoms with Crippen molar-refractivity contribution < 1.29 is 9.90 Å². The number of carboxylic acids is 1. The van der Waals surface area contributed by atoms with Gasteiger partial charge in [0.2, 0.25) is 0 Å². The van der Waals surface area contributed by atoms with E-state index in [0.717, 1.165) is 5.69 Å². The maximum Gasteiger partial charge on any atom is 0.336 e. The number of fused-ring (bicyclic) bond motifs is 1. The molecule has 0 amide bonds. The van der Waals surface area contributed by atoms with Gasteiger partial charge in [0.05, 0.1) is 22.2 Å². The van der Waals surface area contributed by atoms with E-state index < -0.39 is 5.97 Å². The minimum Gasteiger partial charge on any atom is -0.478 e. The molecule has 0 aliphatic carbocycles. The van der Waals surface area contributed by atoms with Crippen LogP contribution in [0.3, 0.4) is 0 Å². The summed E-state index contributed by atoms with van der Waals surface area (Å²) in [6.45, 7) is 14.0. The van der Waals surface area contributed by atoms with E-state index in [2.05, 4.69) is 5.10 Å². The van der Waals surface area contributed by atoms with Crippen molar-refractivity contribution in [3.8, 4) is 0 Å². The zero-order valence-corrected chi connectivity index (χ0v) is 13.8. The number of rotatable bonds is 1. The lowest BCUT2D eigenvalue weighted by atomic mass is 9.90. The van der Waals surface area contributed by atoms with E-state index in [1.807, 2.05) is 53.1 Å². The Hall–Kier alpha value is -1.91. The fourth-order valence-corrected chi connectivity index (χ4v) is 2.31. The lowest BCUT2D eigenvalue weighted by Crippen LogP contribution is -2.24. The van der Waals surface area contributed by atoms with Gasteiger partial charge in [0, 0.05) is 11.1 Å². The van der Waals surface area contributed by atoms with E-state index in [9.17, 15) is 9.90 Å². The summed E-state index contributed by atoms with van der Waals surface area (Å²) in [6, 6.07) is 1.67. The van der Waals surface area contributed by atoms with Crippen molar-refractivity contribution >= 4 is 17.0 Å². The number of hydrogen-bond donors (Lipinski definition) is 1. The molecule has 0 saturated heterocycles. The molecule has 0 bridgehead atoms. The van der Waals surface area contributed by atoms with Gasteiger partial charge in [-0.1, -0.05) is 20.8 Å². The molecule has 0 radical (unpaired) electrons. The lowest BCUT2D eigenvalue weighted by molar-refractivity contribution is 0.0698. The summed E-state index contributed by atoms with van der Waals surface area (Å²) in [5.41, 5.74) is 1.90. The third-order valence-electron chi connectivity index (χ3n) is 3.45. The van der Waals surface area contributed by atoms with Crippen molar-refractivity contribution in [3.05, 3.63) is 23.0 Å². The quantitative estimate of drug-likeness (QED) is 0.872. The average Bonchev–Trinajstić information content (AvgIpc) is 2.64. The van der Waals surface area contributed by atoms with Gasteiger partial charge in [0.1, 0.15) is 0 Å². The van der Waals surface area contributed by atoms with Gasteiger partial charge in [-0.3, -0.25) is 0 Å². The number of hydrogen-bond acceptors (Lipinski definition) is 3. The molecule has 2 heterocycles. The normalized spacial score (nSPS) is 12.9. The van der Waals surface area contributed by atoms with Crippen LogP contribution in [0.2, 0.25) is 0 Å². The Labute approximate surface area is 125 Å². The third-order valence-corrected chi connectivity index (χ3v) is 3.45. The maximum absolute atomic E-state index is 11.6.